The minimum atomic E-state index is -1.72. The van der Waals surface area contributed by atoms with E-state index in [2.05, 4.69) is 37.3 Å². The first-order chi connectivity index (χ1) is 14.0. The highest BCUT2D eigenvalue weighted by Gasteiger charge is 2.29. The van der Waals surface area contributed by atoms with Gasteiger partial charge in [0.1, 0.15) is 0 Å². The summed E-state index contributed by atoms with van der Waals surface area (Å²) in [5.74, 6) is 1.16. The topological polar surface area (TPSA) is 53.9 Å². The average Bonchev–Trinajstić information content (AvgIpc) is 3.03. The van der Waals surface area contributed by atoms with Gasteiger partial charge < -0.3 is 10.2 Å². The van der Waals surface area contributed by atoms with Crippen LogP contribution in [0.25, 0.3) is 22.5 Å². The predicted octanol–water partition coefficient (Wildman–Crippen LogP) is 4.83. The number of hydrogen-bond acceptors (Lipinski definition) is 5. The van der Waals surface area contributed by atoms with Crippen LogP contribution in [0.5, 0.6) is 0 Å². The quantitative estimate of drug-likeness (QED) is 0.582. The number of anilines is 1. The van der Waals surface area contributed by atoms with Gasteiger partial charge in [0, 0.05) is 25.2 Å². The van der Waals surface area contributed by atoms with Gasteiger partial charge in [-0.3, -0.25) is 0 Å². The molecule has 0 amide bonds. The van der Waals surface area contributed by atoms with Crippen LogP contribution < -0.4 is 10.2 Å². The van der Waals surface area contributed by atoms with Crippen molar-refractivity contribution in [3.8, 4) is 22.5 Å². The molecule has 3 aromatic rings. The van der Waals surface area contributed by atoms with E-state index in [4.69, 9.17) is 34.8 Å². The summed E-state index contributed by atoms with van der Waals surface area (Å²) in [5.41, 5.74) is 3.11. The van der Waals surface area contributed by atoms with Crippen LogP contribution in [0.15, 0.2) is 54.6 Å². The zero-order valence-corrected chi connectivity index (χ0v) is 17.9. The zero-order valence-electron chi connectivity index (χ0n) is 15.7. The molecule has 0 atom stereocenters. The molecule has 0 spiro atoms. The van der Waals surface area contributed by atoms with Gasteiger partial charge in [-0.2, -0.15) is 9.97 Å². The van der Waals surface area contributed by atoms with Gasteiger partial charge in [0.15, 0.2) is 11.6 Å². The molecule has 8 heteroatoms. The lowest BCUT2D eigenvalue weighted by atomic mass is 10.0. The monoisotopic (exact) mass is 447 g/mol. The highest BCUT2D eigenvalue weighted by atomic mass is 35.6. The van der Waals surface area contributed by atoms with Gasteiger partial charge in [0.05, 0.1) is 0 Å². The minimum absolute atomic E-state index is 0.131. The molecule has 0 bridgehead atoms. The number of aromatic nitrogens is 3. The number of nitrogens with one attached hydrogen (secondary N) is 1. The molecule has 150 valence electrons. The van der Waals surface area contributed by atoms with Gasteiger partial charge in [-0.15, -0.1) is 0 Å². The first kappa shape index (κ1) is 20.4. The van der Waals surface area contributed by atoms with Crippen molar-refractivity contribution in [2.24, 2.45) is 0 Å². The highest BCUT2D eigenvalue weighted by molar-refractivity contribution is 6.66. The second-order valence-corrected chi connectivity index (χ2v) is 9.10. The van der Waals surface area contributed by atoms with Crippen molar-refractivity contribution in [2.45, 2.75) is 10.2 Å². The van der Waals surface area contributed by atoms with Crippen molar-refractivity contribution in [1.82, 2.24) is 20.3 Å². The smallest absolute Gasteiger partial charge is 0.250 e. The van der Waals surface area contributed by atoms with Crippen molar-refractivity contribution in [2.75, 3.05) is 31.1 Å². The van der Waals surface area contributed by atoms with Gasteiger partial charge in [0.25, 0.3) is 0 Å². The second kappa shape index (κ2) is 8.84. The second-order valence-electron chi connectivity index (χ2n) is 6.81. The van der Waals surface area contributed by atoms with E-state index in [0.717, 1.165) is 49.3 Å². The van der Waals surface area contributed by atoms with Gasteiger partial charge in [-0.1, -0.05) is 89.4 Å². The van der Waals surface area contributed by atoms with E-state index >= 15 is 0 Å². The summed E-state index contributed by atoms with van der Waals surface area (Å²) in [4.78, 5) is 15.7. The van der Waals surface area contributed by atoms with Crippen molar-refractivity contribution in [3.05, 3.63) is 60.4 Å². The van der Waals surface area contributed by atoms with Crippen LogP contribution in [0.4, 0.5) is 5.95 Å². The molecule has 0 aliphatic carbocycles. The summed E-state index contributed by atoms with van der Waals surface area (Å²) in [6.07, 6.45) is 0.996. The molecule has 5 nitrogen and oxygen atoms in total. The van der Waals surface area contributed by atoms with Crippen LogP contribution in [0.2, 0.25) is 0 Å². The van der Waals surface area contributed by atoms with Crippen LogP contribution in [-0.2, 0) is 3.79 Å². The van der Waals surface area contributed by atoms with Crippen LogP contribution in [0.1, 0.15) is 12.2 Å². The molecule has 2 heterocycles. The van der Waals surface area contributed by atoms with Crippen LogP contribution >= 0.6 is 34.8 Å². The normalized spacial score (nSPS) is 15.2. The average molecular weight is 449 g/mol. The Hall–Kier alpha value is -1.92. The van der Waals surface area contributed by atoms with Gasteiger partial charge in [0.2, 0.25) is 9.74 Å². The number of hydrogen-bond donors (Lipinski definition) is 1. The van der Waals surface area contributed by atoms with E-state index < -0.39 is 3.79 Å². The van der Waals surface area contributed by atoms with E-state index in [1.165, 1.54) is 0 Å². The van der Waals surface area contributed by atoms with Gasteiger partial charge in [-0.25, -0.2) is 4.98 Å². The molecule has 1 aromatic heterocycles. The van der Waals surface area contributed by atoms with Crippen molar-refractivity contribution >= 4 is 40.8 Å². The first-order valence-electron chi connectivity index (χ1n) is 9.45. The molecule has 1 fully saturated rings. The van der Waals surface area contributed by atoms with Crippen LogP contribution in [-0.4, -0.2) is 41.1 Å². The third-order valence-electron chi connectivity index (χ3n) is 4.75. The Balaban J connectivity index is 1.71. The van der Waals surface area contributed by atoms with Crippen molar-refractivity contribution < 1.29 is 0 Å². The number of halogens is 3. The summed E-state index contributed by atoms with van der Waals surface area (Å²) < 4.78 is -1.72. The molecule has 1 aliphatic rings. The summed E-state index contributed by atoms with van der Waals surface area (Å²) in [7, 11) is 0. The van der Waals surface area contributed by atoms with Crippen LogP contribution in [0.3, 0.4) is 0 Å². The Morgan fingerprint density at radius 1 is 0.759 bits per heavy atom. The van der Waals surface area contributed by atoms with E-state index in [1.54, 1.807) is 0 Å². The number of rotatable bonds is 3. The van der Waals surface area contributed by atoms with Crippen molar-refractivity contribution in [3.63, 3.8) is 0 Å². The SMILES string of the molecule is ClC(Cl)(Cl)c1nc(-c2ccc(-c3ccccc3)cc2)nc(N2CCCNCC2)n1. The molecular weight excluding hydrogens is 429 g/mol. The Bertz CT molecular complexity index is 950. The maximum atomic E-state index is 6.11. The summed E-state index contributed by atoms with van der Waals surface area (Å²) in [5, 5.41) is 3.37. The number of nitrogens with zero attached hydrogens (tertiary/aromatic N) is 4. The Morgan fingerprint density at radius 2 is 1.45 bits per heavy atom. The predicted molar refractivity (Wildman–Crippen MR) is 120 cm³/mol. The first-order valence-corrected chi connectivity index (χ1v) is 10.6. The van der Waals surface area contributed by atoms with Gasteiger partial charge in [-0.05, 0) is 24.1 Å². The van der Waals surface area contributed by atoms with E-state index in [1.807, 2.05) is 42.5 Å². The molecule has 2 aromatic carbocycles. The van der Waals surface area contributed by atoms with E-state index in [-0.39, 0.29) is 5.82 Å². The fraction of sp³-hybridized carbons (Fsp3) is 0.286. The number of alkyl halides is 3. The molecule has 0 unspecified atom stereocenters. The fourth-order valence-corrected chi connectivity index (χ4v) is 3.50. The molecular formula is C21H20Cl3N5. The van der Waals surface area contributed by atoms with Crippen molar-refractivity contribution in [1.29, 1.82) is 0 Å². The van der Waals surface area contributed by atoms with Gasteiger partial charge >= 0.3 is 0 Å². The Morgan fingerprint density at radius 3 is 2.17 bits per heavy atom. The van der Waals surface area contributed by atoms with E-state index in [0.29, 0.717) is 11.8 Å². The number of benzene rings is 2. The Labute approximate surface area is 185 Å². The summed E-state index contributed by atoms with van der Waals surface area (Å²) in [6, 6.07) is 18.2. The molecule has 0 radical (unpaired) electrons. The highest BCUT2D eigenvalue weighted by Crippen LogP contribution is 2.37. The third kappa shape index (κ3) is 4.98. The lowest BCUT2D eigenvalue weighted by Gasteiger charge is -2.22. The molecule has 4 rings (SSSR count). The molecule has 29 heavy (non-hydrogen) atoms. The summed E-state index contributed by atoms with van der Waals surface area (Å²) in [6.45, 7) is 3.45. The summed E-state index contributed by atoms with van der Waals surface area (Å²) >= 11 is 18.3. The minimum Gasteiger partial charge on any atom is -0.339 e. The largest absolute Gasteiger partial charge is 0.339 e. The lowest BCUT2D eigenvalue weighted by Crippen LogP contribution is -2.30. The Kier molecular flexibility index (Phi) is 6.20. The molecule has 1 N–H and O–H groups in total. The lowest BCUT2D eigenvalue weighted by molar-refractivity contribution is 0.724. The third-order valence-corrected chi connectivity index (χ3v) is 5.26. The van der Waals surface area contributed by atoms with E-state index in [9.17, 15) is 0 Å². The maximum Gasteiger partial charge on any atom is 0.250 e. The molecule has 0 saturated carbocycles. The van der Waals surface area contributed by atoms with Crippen LogP contribution in [0, 0.1) is 0 Å². The fourth-order valence-electron chi connectivity index (χ4n) is 3.25. The molecule has 1 aliphatic heterocycles. The molecule has 1 saturated heterocycles. The standard InChI is InChI=1S/C21H20Cl3N5/c22-21(23,24)19-26-18(27-20(28-19)29-13-4-11-25-12-14-29)17-9-7-16(8-10-17)15-5-2-1-3-6-15/h1-3,5-10,25H,4,11-14H2. The maximum absolute atomic E-state index is 6.11. The zero-order chi connectivity index (χ0) is 20.3.